The number of hydrogen-bond donors (Lipinski definition) is 1. The third kappa shape index (κ3) is 2.99. The monoisotopic (exact) mass is 324 g/mol. The smallest absolute Gasteiger partial charge is 0.0700 e. The van der Waals surface area contributed by atoms with E-state index in [0.717, 1.165) is 13.0 Å². The van der Waals surface area contributed by atoms with Crippen molar-refractivity contribution in [1.29, 1.82) is 0 Å². The summed E-state index contributed by atoms with van der Waals surface area (Å²) < 4.78 is 1.17. The summed E-state index contributed by atoms with van der Waals surface area (Å²) in [5.41, 5.74) is 2.54. The molecular weight excluding hydrogens is 308 g/mol. The van der Waals surface area contributed by atoms with Crippen molar-refractivity contribution >= 4 is 27.3 Å². The minimum absolute atomic E-state index is 0.230. The SMILES string of the molecule is CCCNC(c1cnccc1C)c1sccc1Br. The van der Waals surface area contributed by atoms with Gasteiger partial charge in [-0.25, -0.2) is 0 Å². The molecule has 0 bridgehead atoms. The van der Waals surface area contributed by atoms with Gasteiger partial charge in [-0.2, -0.15) is 0 Å². The van der Waals surface area contributed by atoms with Crippen LogP contribution in [-0.4, -0.2) is 11.5 Å². The van der Waals surface area contributed by atoms with E-state index < -0.39 is 0 Å². The molecule has 0 saturated carbocycles. The molecule has 1 atom stereocenters. The van der Waals surface area contributed by atoms with Crippen molar-refractivity contribution < 1.29 is 0 Å². The van der Waals surface area contributed by atoms with Gasteiger partial charge in [0.2, 0.25) is 0 Å². The standard InChI is InChI=1S/C14H17BrN2S/c1-3-6-17-13(14-12(15)5-8-18-14)11-9-16-7-4-10(11)2/h4-5,7-9,13,17H,3,6H2,1-2H3. The lowest BCUT2D eigenvalue weighted by Crippen LogP contribution is -2.23. The fraction of sp³-hybridized carbons (Fsp3) is 0.357. The molecule has 1 N–H and O–H groups in total. The quantitative estimate of drug-likeness (QED) is 0.886. The number of aromatic nitrogens is 1. The lowest BCUT2D eigenvalue weighted by Gasteiger charge is -2.20. The maximum absolute atomic E-state index is 4.26. The van der Waals surface area contributed by atoms with Crippen molar-refractivity contribution in [2.75, 3.05) is 6.54 Å². The first-order chi connectivity index (χ1) is 8.74. The van der Waals surface area contributed by atoms with Crippen LogP contribution in [0.1, 0.15) is 35.4 Å². The molecule has 4 heteroatoms. The molecule has 0 spiro atoms. The molecule has 96 valence electrons. The van der Waals surface area contributed by atoms with Crippen molar-refractivity contribution in [2.45, 2.75) is 26.3 Å². The summed E-state index contributed by atoms with van der Waals surface area (Å²) in [5.74, 6) is 0. The van der Waals surface area contributed by atoms with Crippen LogP contribution in [0.5, 0.6) is 0 Å². The van der Waals surface area contributed by atoms with Gasteiger partial charge in [-0.05, 0) is 64.5 Å². The lowest BCUT2D eigenvalue weighted by atomic mass is 10.0. The highest BCUT2D eigenvalue weighted by molar-refractivity contribution is 9.10. The van der Waals surface area contributed by atoms with Gasteiger partial charge >= 0.3 is 0 Å². The fourth-order valence-corrected chi connectivity index (χ4v) is 3.62. The second-order valence-corrected chi connectivity index (χ2v) is 6.05. The molecule has 18 heavy (non-hydrogen) atoms. The van der Waals surface area contributed by atoms with Gasteiger partial charge in [0, 0.05) is 21.7 Å². The first kappa shape index (κ1) is 13.7. The molecule has 2 nitrogen and oxygen atoms in total. The predicted molar refractivity (Wildman–Crippen MR) is 81.1 cm³/mol. The summed E-state index contributed by atoms with van der Waals surface area (Å²) in [4.78, 5) is 5.58. The van der Waals surface area contributed by atoms with Crippen LogP contribution in [0.3, 0.4) is 0 Å². The molecule has 2 aromatic heterocycles. The van der Waals surface area contributed by atoms with Crippen LogP contribution in [-0.2, 0) is 0 Å². The first-order valence-corrected chi connectivity index (χ1v) is 7.78. The minimum Gasteiger partial charge on any atom is -0.306 e. The number of hydrogen-bond acceptors (Lipinski definition) is 3. The van der Waals surface area contributed by atoms with Crippen molar-refractivity contribution in [3.63, 3.8) is 0 Å². The van der Waals surface area contributed by atoms with Crippen LogP contribution in [0.4, 0.5) is 0 Å². The van der Waals surface area contributed by atoms with E-state index in [1.165, 1.54) is 20.5 Å². The number of pyridine rings is 1. The van der Waals surface area contributed by atoms with Gasteiger partial charge in [-0.3, -0.25) is 4.98 Å². The average Bonchev–Trinajstić information content (AvgIpc) is 2.78. The van der Waals surface area contributed by atoms with Crippen molar-refractivity contribution in [3.05, 3.63) is 50.4 Å². The second kappa shape index (κ2) is 6.45. The Balaban J connectivity index is 2.37. The Morgan fingerprint density at radius 3 is 2.89 bits per heavy atom. The van der Waals surface area contributed by atoms with E-state index in [4.69, 9.17) is 0 Å². The maximum atomic E-state index is 4.26. The Bertz CT molecular complexity index is 510. The molecule has 0 aliphatic rings. The lowest BCUT2D eigenvalue weighted by molar-refractivity contribution is 0.600. The highest BCUT2D eigenvalue weighted by Gasteiger charge is 2.19. The topological polar surface area (TPSA) is 24.9 Å². The van der Waals surface area contributed by atoms with Gasteiger partial charge < -0.3 is 5.32 Å². The maximum Gasteiger partial charge on any atom is 0.0700 e. The molecule has 2 heterocycles. The van der Waals surface area contributed by atoms with E-state index in [1.807, 2.05) is 12.4 Å². The third-order valence-electron chi connectivity index (χ3n) is 2.90. The molecule has 0 amide bonds. The van der Waals surface area contributed by atoms with E-state index in [0.29, 0.717) is 0 Å². The van der Waals surface area contributed by atoms with Crippen LogP contribution in [0.2, 0.25) is 0 Å². The van der Waals surface area contributed by atoms with Crippen LogP contribution in [0.25, 0.3) is 0 Å². The van der Waals surface area contributed by atoms with Gasteiger partial charge in [0.15, 0.2) is 0 Å². The van der Waals surface area contributed by atoms with Crippen molar-refractivity contribution in [3.8, 4) is 0 Å². The molecular formula is C14H17BrN2S. The van der Waals surface area contributed by atoms with Crippen LogP contribution >= 0.6 is 27.3 Å². The summed E-state index contributed by atoms with van der Waals surface area (Å²) >= 11 is 5.41. The zero-order valence-electron chi connectivity index (χ0n) is 10.6. The molecule has 2 rings (SSSR count). The Morgan fingerprint density at radius 2 is 2.28 bits per heavy atom. The summed E-state index contributed by atoms with van der Waals surface area (Å²) in [7, 11) is 0. The van der Waals surface area contributed by atoms with Gasteiger partial charge in [-0.15, -0.1) is 11.3 Å². The van der Waals surface area contributed by atoms with Gasteiger partial charge in [0.25, 0.3) is 0 Å². The Hall–Kier alpha value is -0.710. The van der Waals surface area contributed by atoms with Gasteiger partial charge in [-0.1, -0.05) is 6.92 Å². The molecule has 0 aromatic carbocycles. The van der Waals surface area contributed by atoms with E-state index in [9.17, 15) is 0 Å². The van der Waals surface area contributed by atoms with E-state index in [2.05, 4.69) is 57.6 Å². The molecule has 0 fully saturated rings. The van der Waals surface area contributed by atoms with Crippen LogP contribution in [0.15, 0.2) is 34.4 Å². The number of rotatable bonds is 5. The van der Waals surface area contributed by atoms with Crippen molar-refractivity contribution in [2.24, 2.45) is 0 Å². The minimum atomic E-state index is 0.230. The molecule has 1 unspecified atom stereocenters. The van der Waals surface area contributed by atoms with E-state index >= 15 is 0 Å². The number of nitrogens with one attached hydrogen (secondary N) is 1. The third-order valence-corrected chi connectivity index (χ3v) is 4.83. The predicted octanol–water partition coefficient (Wildman–Crippen LogP) is 4.30. The summed E-state index contributed by atoms with van der Waals surface area (Å²) in [6.45, 7) is 5.33. The molecule has 0 aliphatic carbocycles. The van der Waals surface area contributed by atoms with Crippen molar-refractivity contribution in [1.82, 2.24) is 10.3 Å². The Kier molecular flexibility index (Phi) is 4.92. The molecule has 2 aromatic rings. The normalized spacial score (nSPS) is 12.6. The largest absolute Gasteiger partial charge is 0.306 e. The second-order valence-electron chi connectivity index (χ2n) is 4.25. The van der Waals surface area contributed by atoms with E-state index in [-0.39, 0.29) is 6.04 Å². The highest BCUT2D eigenvalue weighted by atomic mass is 79.9. The zero-order valence-corrected chi connectivity index (χ0v) is 13.0. The number of thiophene rings is 1. The average molecular weight is 325 g/mol. The molecule has 0 radical (unpaired) electrons. The van der Waals surface area contributed by atoms with E-state index in [1.54, 1.807) is 11.3 Å². The summed E-state index contributed by atoms with van der Waals surface area (Å²) in [6.07, 6.45) is 4.94. The van der Waals surface area contributed by atoms with Crippen LogP contribution < -0.4 is 5.32 Å². The Labute approximate surface area is 121 Å². The fourth-order valence-electron chi connectivity index (χ4n) is 1.92. The number of nitrogens with zero attached hydrogens (tertiary/aromatic N) is 1. The molecule has 0 aliphatic heterocycles. The number of aryl methyl sites for hydroxylation is 1. The zero-order chi connectivity index (χ0) is 13.0. The van der Waals surface area contributed by atoms with Crippen LogP contribution in [0, 0.1) is 6.92 Å². The number of halogens is 1. The Morgan fingerprint density at radius 1 is 1.44 bits per heavy atom. The summed E-state index contributed by atoms with van der Waals surface area (Å²) in [5, 5.41) is 5.73. The molecule has 0 saturated heterocycles. The summed E-state index contributed by atoms with van der Waals surface area (Å²) in [6, 6.07) is 4.40. The highest BCUT2D eigenvalue weighted by Crippen LogP contribution is 2.34. The first-order valence-electron chi connectivity index (χ1n) is 6.10. The van der Waals surface area contributed by atoms with Gasteiger partial charge in [0.05, 0.1) is 6.04 Å². The van der Waals surface area contributed by atoms with Gasteiger partial charge in [0.1, 0.15) is 0 Å².